The van der Waals surface area contributed by atoms with Crippen molar-refractivity contribution in [3.8, 4) is 273 Å². The Hall–Kier alpha value is -12.0. The van der Waals surface area contributed by atoms with Gasteiger partial charge in [0.15, 0.2) is 0 Å². The number of terminal acetylenes is 5. The summed E-state index contributed by atoms with van der Waals surface area (Å²) in [6.07, 6.45) is 32.5. The Kier molecular flexibility index (Phi) is 35.0. The van der Waals surface area contributed by atoms with Crippen molar-refractivity contribution in [3.05, 3.63) is 94.6 Å². The molecule has 0 saturated carbocycles. The molecule has 548 valence electrons. The predicted octanol–water partition coefficient (Wildman–Crippen LogP) is -14.4. The zero-order valence-electron chi connectivity index (χ0n) is 79.6. The van der Waals surface area contributed by atoms with E-state index in [9.17, 15) is 0 Å². The van der Waals surface area contributed by atoms with E-state index in [1.165, 1.54) is 54.9 Å². The van der Waals surface area contributed by atoms with E-state index in [0.29, 0.717) is 109 Å². The van der Waals surface area contributed by atoms with Gasteiger partial charge < -0.3 is 0 Å². The maximum absolute atomic E-state index is 6.98. The van der Waals surface area contributed by atoms with Gasteiger partial charge >= 0.3 is 0 Å². The minimum absolute atomic E-state index is 0.0510. The molecule has 0 N–H and O–H groups in total. The van der Waals surface area contributed by atoms with Crippen LogP contribution in [0.4, 0.5) is 0 Å². The SMILES string of the molecule is BBB(B)B(B(B)B)c1c(B(B(B)B)B(B)B)c(B(BB)B(B)B)c(B(B)B(B)B)c2c(B(B)BB)c(-c3c(C)c(C)c(C)c4c(-c5c(C#CC#CC#CC#CC#C)c6c(C)c(C#C)c(C#CC)c(C#CC#C)c6c6c(C#CC#CC)c(C#CC#CC#C)c(C#CC#CC#CC)c(C#CC#CC#CC#C)c56)c5c(C)c(C)c(C)c(C)c5c(C)c34)c(BB)c(B)c12. The van der Waals surface area contributed by atoms with Gasteiger partial charge in [0.2, 0.25) is 0 Å². The number of aryl methyl sites for hydroxylation is 5. The van der Waals surface area contributed by atoms with Crippen molar-refractivity contribution in [1.29, 1.82) is 0 Å². The van der Waals surface area contributed by atoms with Gasteiger partial charge in [-0.2, -0.15) is 0 Å². The van der Waals surface area contributed by atoms with E-state index in [-0.39, 0.29) is 38.9 Å². The highest BCUT2D eigenvalue weighted by atomic mass is 14.4. The topological polar surface area (TPSA) is 0 Å². The molecule has 8 rings (SSSR count). The summed E-state index contributed by atoms with van der Waals surface area (Å²) in [5.74, 6) is 112. The lowest BCUT2D eigenvalue weighted by Gasteiger charge is -2.42. The van der Waals surface area contributed by atoms with Crippen LogP contribution in [0.15, 0.2) is 0 Å². The monoisotopic (exact) mass is 1550 g/mol. The van der Waals surface area contributed by atoms with Crippen molar-refractivity contribution in [1.82, 2.24) is 0 Å². The maximum atomic E-state index is 6.98. The molecule has 0 aliphatic rings. The first-order valence-electron chi connectivity index (χ1n) is 43.8. The summed E-state index contributed by atoms with van der Waals surface area (Å²) in [5.41, 5.74) is 27.3. The van der Waals surface area contributed by atoms with Crippen molar-refractivity contribution < 1.29 is 0 Å². The molecule has 0 spiro atoms. The van der Waals surface area contributed by atoms with Crippen molar-refractivity contribution in [2.24, 2.45) is 0 Å². The minimum Gasteiger partial charge on any atom is -0.115 e. The summed E-state index contributed by atoms with van der Waals surface area (Å²) in [6, 6.07) is 0. The van der Waals surface area contributed by atoms with Crippen LogP contribution in [0.25, 0.3) is 76.1 Å². The zero-order valence-corrected chi connectivity index (χ0v) is 79.6. The first-order chi connectivity index (χ1) is 59.8. The lowest BCUT2D eigenvalue weighted by Crippen LogP contribution is -2.80. The van der Waals surface area contributed by atoms with E-state index < -0.39 is 0 Å². The van der Waals surface area contributed by atoms with E-state index in [0.717, 1.165) is 88.8 Å². The van der Waals surface area contributed by atoms with Crippen molar-refractivity contribution >= 4 is 331 Å². The van der Waals surface area contributed by atoms with Gasteiger partial charge in [0, 0.05) is 83.6 Å². The molecule has 0 aliphatic carbocycles. The van der Waals surface area contributed by atoms with E-state index >= 15 is 0 Å². The van der Waals surface area contributed by atoms with E-state index in [4.69, 9.17) is 32.1 Å². The normalized spacial score (nSPS) is 9.11. The van der Waals surface area contributed by atoms with Crippen molar-refractivity contribution in [2.45, 2.75) is 83.1 Å². The third kappa shape index (κ3) is 19.3. The van der Waals surface area contributed by atoms with Crippen LogP contribution < -0.4 is 38.2 Å². The molecule has 8 aromatic carbocycles. The second-order valence-electron chi connectivity index (χ2n) is 34.3. The van der Waals surface area contributed by atoms with Crippen LogP contribution in [0, 0.1) is 313 Å². The van der Waals surface area contributed by atoms with Crippen LogP contribution in [0.1, 0.15) is 115 Å². The van der Waals surface area contributed by atoms with Gasteiger partial charge in [-0.05, 0) is 336 Å². The van der Waals surface area contributed by atoms with Gasteiger partial charge in [-0.1, -0.05) is 86.5 Å². The summed E-state index contributed by atoms with van der Waals surface area (Å²) in [4.78, 5) is 0. The lowest BCUT2D eigenvalue weighted by atomic mass is 8.66. The van der Waals surface area contributed by atoms with Gasteiger partial charge in [-0.25, -0.2) is 0 Å². The summed E-state index contributed by atoms with van der Waals surface area (Å²) in [7, 11) is 48.4. The highest BCUT2D eigenvalue weighted by Crippen LogP contribution is 2.55. The molecular formula is C92H81B33. The van der Waals surface area contributed by atoms with Crippen LogP contribution in [0.2, 0.25) is 0 Å². The van der Waals surface area contributed by atoms with Crippen molar-refractivity contribution in [3.63, 3.8) is 0 Å². The Morgan fingerprint density at radius 2 is 0.672 bits per heavy atom. The smallest absolute Gasteiger partial charge is 0.115 e. The summed E-state index contributed by atoms with van der Waals surface area (Å²) >= 11 is 0. The summed E-state index contributed by atoms with van der Waals surface area (Å²) in [5, 5.41) is 9.29. The second kappa shape index (κ2) is 44.5. The molecule has 0 fully saturated rings. The van der Waals surface area contributed by atoms with E-state index in [1.807, 2.05) is 6.92 Å². The average Bonchev–Trinajstić information content (AvgIpc) is 0.683. The van der Waals surface area contributed by atoms with Gasteiger partial charge in [0.05, 0.1) is 212 Å². The standard InChI is InChI=1S/C92H81B33/c1-18-26-32-36-38-39-42-47-54-71-73-62(16)64(25-8)65(48-24-7)68(49-31-23-6)78(73)79-69(52-43-30-22-5)66(50-44-35-29-21-4)67(51-45-40-34-28-20-3)70(53-46-41-37-33-27-19-2)80(79)81(71)82-74-59(13)56(10)55(9)58(12)72(74)63(17)77-75(82)60(14)57(11)61(15)76(77)84-87(111-94)86(93)83-85(88(84)115(98)112-95)89(116(99)120(100)101)91(117(113-96)121(102)103)92(118(122(104)105)123(106)107)90(83)119(124(108)109)125(110)114-97/h1-2,4,6,8,111-114H,93-110H2,3,5,7,9-17H3. The fraction of sp³-hybridized carbons (Fsp3) is 0.130. The summed E-state index contributed by atoms with van der Waals surface area (Å²) < 4.78 is 0. The Morgan fingerprint density at radius 3 is 1.12 bits per heavy atom. The molecule has 33 heteroatoms. The fourth-order valence-electron chi connectivity index (χ4n) is 19.7. The third-order valence-electron chi connectivity index (χ3n) is 26.1. The molecule has 0 aliphatic heterocycles. The highest BCUT2D eigenvalue weighted by molar-refractivity contribution is 7.89. The molecule has 0 unspecified atom stereocenters. The molecule has 0 amide bonds. The molecule has 0 heterocycles. The quantitative estimate of drug-likeness (QED) is 0.0369. The molecule has 0 saturated heterocycles. The number of benzene rings is 8. The van der Waals surface area contributed by atoms with Crippen molar-refractivity contribution in [2.75, 3.05) is 0 Å². The minimum atomic E-state index is 0.0510. The molecule has 0 radical (unpaired) electrons. The fourth-order valence-corrected chi connectivity index (χ4v) is 19.7. The largest absolute Gasteiger partial charge is 0.139 e. The molecule has 0 bridgehead atoms. The van der Waals surface area contributed by atoms with Crippen LogP contribution in [0.3, 0.4) is 0 Å². The first kappa shape index (κ1) is 98.4. The molecular weight excluding hydrogens is 1460 g/mol. The predicted molar refractivity (Wildman–Crippen MR) is 629 cm³/mol. The molecule has 0 aromatic heterocycles. The van der Waals surface area contributed by atoms with E-state index in [1.54, 1.807) is 37.2 Å². The summed E-state index contributed by atoms with van der Waals surface area (Å²) in [6.45, 7) is 26.6. The first-order valence-corrected chi connectivity index (χ1v) is 43.8. The van der Waals surface area contributed by atoms with Gasteiger partial charge in [0.25, 0.3) is 0 Å². The van der Waals surface area contributed by atoms with Crippen LogP contribution in [-0.4, -0.2) is 239 Å². The maximum Gasteiger partial charge on any atom is 0.139 e. The zero-order chi connectivity index (χ0) is 92.3. The van der Waals surface area contributed by atoms with Crippen LogP contribution in [-0.2, 0) is 0 Å². The van der Waals surface area contributed by atoms with E-state index in [2.05, 4.69) is 414 Å². The van der Waals surface area contributed by atoms with Gasteiger partial charge in [-0.15, -0.1) is 49.0 Å². The Bertz CT molecular complexity index is 7390. The van der Waals surface area contributed by atoms with Crippen LogP contribution >= 0.6 is 0 Å². The number of fused-ring (bicyclic) bond motifs is 6. The Morgan fingerprint density at radius 1 is 0.264 bits per heavy atom. The Balaban J connectivity index is 2.14. The number of hydrogen-bond acceptors (Lipinski definition) is 0. The van der Waals surface area contributed by atoms with Gasteiger partial charge in [-0.3, -0.25) is 0 Å². The lowest BCUT2D eigenvalue weighted by molar-refractivity contribution is 1.25. The second-order valence-corrected chi connectivity index (χ2v) is 34.3. The van der Waals surface area contributed by atoms with Crippen LogP contribution in [0.5, 0.6) is 0 Å². The molecule has 125 heavy (non-hydrogen) atoms. The number of rotatable bonds is 17. The molecule has 0 atom stereocenters. The third-order valence-corrected chi connectivity index (χ3v) is 26.1. The number of hydrogen-bond donors (Lipinski definition) is 0. The molecule has 0 nitrogen and oxygen atoms in total. The van der Waals surface area contributed by atoms with Gasteiger partial charge in [0.1, 0.15) is 15.0 Å². The highest BCUT2D eigenvalue weighted by Gasteiger charge is 2.44. The Labute approximate surface area is 775 Å². The molecule has 8 aromatic rings. The average molecular weight is 1540 g/mol.